The molecule has 3 aliphatic heterocycles. The fourth-order valence-corrected chi connectivity index (χ4v) is 5.94. The number of hydrogen-bond donors (Lipinski definition) is 4. The lowest BCUT2D eigenvalue weighted by Crippen LogP contribution is -2.60. The van der Waals surface area contributed by atoms with E-state index >= 15 is 0 Å². The molecule has 3 fully saturated rings. The number of nitrogens with one attached hydrogen (secondary N) is 3. The molecule has 0 unspecified atom stereocenters. The summed E-state index contributed by atoms with van der Waals surface area (Å²) in [4.78, 5) is 38.0. The summed E-state index contributed by atoms with van der Waals surface area (Å²) in [5.41, 5.74) is 6.43. The second-order valence-corrected chi connectivity index (χ2v) is 12.6. The van der Waals surface area contributed by atoms with Crippen molar-refractivity contribution in [1.82, 2.24) is 25.5 Å². The molecule has 3 aliphatic rings. The van der Waals surface area contributed by atoms with Crippen LogP contribution >= 0.6 is 0 Å². The van der Waals surface area contributed by atoms with Crippen LogP contribution in [0.15, 0.2) is 35.4 Å². The molecule has 1 spiro atoms. The molecule has 5 rings (SSSR count). The third kappa shape index (κ3) is 5.68. The fourth-order valence-electron chi connectivity index (χ4n) is 5.31. The predicted octanol–water partition coefficient (Wildman–Crippen LogP) is 1.09. The number of anilines is 3. The van der Waals surface area contributed by atoms with Crippen molar-refractivity contribution in [3.63, 3.8) is 0 Å². The van der Waals surface area contributed by atoms with Crippen LogP contribution in [-0.4, -0.2) is 86.8 Å². The van der Waals surface area contributed by atoms with E-state index in [-0.39, 0.29) is 28.5 Å². The molecular weight excluding hydrogens is 508 g/mol. The number of sulfone groups is 1. The van der Waals surface area contributed by atoms with Crippen molar-refractivity contribution in [2.75, 3.05) is 55.7 Å². The maximum atomic E-state index is 12.9. The maximum Gasteiger partial charge on any atom is 0.317 e. The molecule has 0 saturated carbocycles. The molecule has 1 aromatic carbocycles. The van der Waals surface area contributed by atoms with Gasteiger partial charge in [-0.25, -0.2) is 23.2 Å². The Morgan fingerprint density at radius 3 is 2.45 bits per heavy atom. The highest BCUT2D eigenvalue weighted by atomic mass is 32.2. The number of carbonyl (C=O) groups excluding carboxylic acids is 2. The molecule has 5 N–H and O–H groups in total. The van der Waals surface area contributed by atoms with Crippen molar-refractivity contribution in [2.24, 2.45) is 11.1 Å². The van der Waals surface area contributed by atoms with Gasteiger partial charge in [-0.1, -0.05) is 0 Å². The zero-order chi connectivity index (χ0) is 26.9. The van der Waals surface area contributed by atoms with Gasteiger partial charge in [-0.2, -0.15) is 0 Å². The van der Waals surface area contributed by atoms with E-state index in [9.17, 15) is 18.0 Å². The first-order valence-electron chi connectivity index (χ1n) is 12.9. The average Bonchev–Trinajstić information content (AvgIpc) is 2.87. The minimum Gasteiger partial charge on any atom is -0.364 e. The SMILES string of the molecule is CS(=O)(=O)c1ccc(Nc2nc(N3CCC[C@@H](NC(=O)N4CCC5(CC4)CNC5)C3)cnc2C(N)=O)cc1. The second-order valence-electron chi connectivity index (χ2n) is 10.5. The number of likely N-dealkylation sites (tertiary alicyclic amines) is 1. The fraction of sp³-hybridized carbons (Fsp3) is 0.520. The Labute approximate surface area is 222 Å². The van der Waals surface area contributed by atoms with Crippen molar-refractivity contribution in [3.05, 3.63) is 36.2 Å². The van der Waals surface area contributed by atoms with E-state index in [1.807, 2.05) is 9.80 Å². The number of carbonyl (C=O) groups is 2. The lowest BCUT2D eigenvalue weighted by Gasteiger charge is -2.48. The molecule has 38 heavy (non-hydrogen) atoms. The Kier molecular flexibility index (Phi) is 7.14. The number of benzene rings is 1. The monoisotopic (exact) mass is 542 g/mol. The summed E-state index contributed by atoms with van der Waals surface area (Å²) in [6.07, 6.45) is 6.47. The van der Waals surface area contributed by atoms with E-state index in [0.29, 0.717) is 23.5 Å². The molecular formula is C25H34N8O4S. The Balaban J connectivity index is 1.25. The molecule has 0 aliphatic carbocycles. The van der Waals surface area contributed by atoms with Crippen LogP contribution in [0.5, 0.6) is 0 Å². The molecule has 4 heterocycles. The van der Waals surface area contributed by atoms with Crippen molar-refractivity contribution >= 4 is 39.1 Å². The van der Waals surface area contributed by atoms with Crippen molar-refractivity contribution in [1.29, 1.82) is 0 Å². The number of urea groups is 1. The van der Waals surface area contributed by atoms with Crippen molar-refractivity contribution in [3.8, 4) is 0 Å². The quantitative estimate of drug-likeness (QED) is 0.418. The minimum atomic E-state index is -3.33. The van der Waals surface area contributed by atoms with E-state index < -0.39 is 15.7 Å². The average molecular weight is 543 g/mol. The zero-order valence-electron chi connectivity index (χ0n) is 21.4. The number of nitrogens with two attached hydrogens (primary N) is 1. The van der Waals surface area contributed by atoms with Crippen LogP contribution in [0, 0.1) is 5.41 Å². The van der Waals surface area contributed by atoms with E-state index in [1.165, 1.54) is 18.3 Å². The third-order valence-corrected chi connectivity index (χ3v) is 8.85. The smallest absolute Gasteiger partial charge is 0.317 e. The number of aromatic nitrogens is 2. The van der Waals surface area contributed by atoms with Gasteiger partial charge < -0.3 is 31.5 Å². The van der Waals surface area contributed by atoms with E-state index in [0.717, 1.165) is 64.7 Å². The molecule has 0 radical (unpaired) electrons. The summed E-state index contributed by atoms with van der Waals surface area (Å²) in [7, 11) is -3.33. The summed E-state index contributed by atoms with van der Waals surface area (Å²) >= 11 is 0. The van der Waals surface area contributed by atoms with Crippen LogP contribution < -0.4 is 26.6 Å². The van der Waals surface area contributed by atoms with Gasteiger partial charge in [0, 0.05) is 57.3 Å². The van der Waals surface area contributed by atoms with Crippen LogP contribution in [0.1, 0.15) is 36.2 Å². The van der Waals surface area contributed by atoms with Gasteiger partial charge in [0.2, 0.25) is 0 Å². The highest BCUT2D eigenvalue weighted by Crippen LogP contribution is 2.35. The van der Waals surface area contributed by atoms with Crippen LogP contribution in [-0.2, 0) is 9.84 Å². The molecule has 12 nitrogen and oxygen atoms in total. The molecule has 3 saturated heterocycles. The lowest BCUT2D eigenvalue weighted by molar-refractivity contribution is 0.0678. The minimum absolute atomic E-state index is 0.0194. The molecule has 1 aromatic heterocycles. The van der Waals surface area contributed by atoms with E-state index in [1.54, 1.807) is 12.1 Å². The standard InChI is InChI=1S/C25H34N8O4S/c1-38(36,37)19-6-4-17(5-7-19)29-23-21(22(26)34)28-13-20(31-23)33-10-2-3-18(14-33)30-24(35)32-11-8-25(9-12-32)15-27-16-25/h4-7,13,18,27H,2-3,8-12,14-16H2,1H3,(H2,26,34)(H,29,31)(H,30,35)/t18-/m1/s1. The Bertz CT molecular complexity index is 1300. The Morgan fingerprint density at radius 1 is 1.13 bits per heavy atom. The summed E-state index contributed by atoms with van der Waals surface area (Å²) in [6.45, 7) is 4.98. The van der Waals surface area contributed by atoms with Gasteiger partial charge in [0.1, 0.15) is 5.82 Å². The van der Waals surface area contributed by atoms with Crippen LogP contribution in [0.4, 0.5) is 22.1 Å². The van der Waals surface area contributed by atoms with Crippen LogP contribution in [0.2, 0.25) is 0 Å². The van der Waals surface area contributed by atoms with Crippen LogP contribution in [0.25, 0.3) is 0 Å². The van der Waals surface area contributed by atoms with Crippen LogP contribution in [0.3, 0.4) is 0 Å². The van der Waals surface area contributed by atoms with Gasteiger partial charge in [-0.3, -0.25) is 4.79 Å². The van der Waals surface area contributed by atoms with E-state index in [4.69, 9.17) is 5.73 Å². The topological polar surface area (TPSA) is 163 Å². The van der Waals surface area contributed by atoms with Gasteiger partial charge in [-0.05, 0) is 55.4 Å². The molecule has 1 atom stereocenters. The Hall–Kier alpha value is -3.45. The highest BCUT2D eigenvalue weighted by molar-refractivity contribution is 7.90. The number of primary amides is 1. The predicted molar refractivity (Wildman–Crippen MR) is 143 cm³/mol. The molecule has 13 heteroatoms. The summed E-state index contributed by atoms with van der Waals surface area (Å²) in [5.74, 6) is 0.00619. The number of hydrogen-bond acceptors (Lipinski definition) is 9. The molecule has 0 bridgehead atoms. The number of rotatable bonds is 6. The lowest BCUT2D eigenvalue weighted by atomic mass is 9.73. The first-order valence-corrected chi connectivity index (χ1v) is 14.8. The normalized spacial score (nSPS) is 21.0. The highest BCUT2D eigenvalue weighted by Gasteiger charge is 2.40. The van der Waals surface area contributed by atoms with E-state index in [2.05, 4.69) is 25.9 Å². The van der Waals surface area contributed by atoms with Gasteiger partial charge in [0.05, 0.1) is 11.1 Å². The summed E-state index contributed by atoms with van der Waals surface area (Å²) in [5, 5.41) is 9.58. The first-order chi connectivity index (χ1) is 18.1. The Morgan fingerprint density at radius 2 is 1.84 bits per heavy atom. The molecule has 2 aromatic rings. The second kappa shape index (κ2) is 10.4. The molecule has 3 amide bonds. The van der Waals surface area contributed by atoms with Crippen molar-refractivity contribution in [2.45, 2.75) is 36.6 Å². The maximum absolute atomic E-state index is 12.9. The number of piperidine rings is 2. The first kappa shape index (κ1) is 26.2. The van der Waals surface area contributed by atoms with Gasteiger partial charge in [0.15, 0.2) is 21.3 Å². The summed E-state index contributed by atoms with van der Waals surface area (Å²) in [6, 6.07) is 6.08. The number of nitrogens with zero attached hydrogens (tertiary/aromatic N) is 4. The van der Waals surface area contributed by atoms with Gasteiger partial charge >= 0.3 is 6.03 Å². The van der Waals surface area contributed by atoms with Gasteiger partial charge in [-0.15, -0.1) is 0 Å². The number of amides is 3. The summed E-state index contributed by atoms with van der Waals surface area (Å²) < 4.78 is 23.5. The largest absolute Gasteiger partial charge is 0.364 e. The molecule has 204 valence electrons. The zero-order valence-corrected chi connectivity index (χ0v) is 22.3. The third-order valence-electron chi connectivity index (χ3n) is 7.72. The van der Waals surface area contributed by atoms with Crippen molar-refractivity contribution < 1.29 is 18.0 Å². The van der Waals surface area contributed by atoms with Gasteiger partial charge in [0.25, 0.3) is 5.91 Å².